The normalized spacial score (nSPS) is 35.2. The van der Waals surface area contributed by atoms with Gasteiger partial charge in [0.15, 0.2) is 11.4 Å². The van der Waals surface area contributed by atoms with Crippen molar-refractivity contribution in [2.24, 2.45) is 23.2 Å². The van der Waals surface area contributed by atoms with Gasteiger partial charge in [-0.1, -0.05) is 69.3 Å². The molecule has 0 saturated heterocycles. The first-order valence-corrected chi connectivity index (χ1v) is 14.2. The minimum Gasteiger partial charge on any atom is -0.454 e. The number of ether oxygens (including phenoxy) is 2. The highest BCUT2D eigenvalue weighted by molar-refractivity contribution is 6.05. The summed E-state index contributed by atoms with van der Waals surface area (Å²) in [6.45, 7) is 8.14. The van der Waals surface area contributed by atoms with Crippen molar-refractivity contribution in [2.45, 2.75) is 63.9 Å². The maximum atomic E-state index is 13.6. The zero-order valence-corrected chi connectivity index (χ0v) is 24.5. The fourth-order valence-corrected chi connectivity index (χ4v) is 7.46. The molecule has 1 fully saturated rings. The van der Waals surface area contributed by atoms with Crippen molar-refractivity contribution in [3.63, 3.8) is 0 Å². The maximum Gasteiger partial charge on any atom is 0.338 e. The summed E-state index contributed by atoms with van der Waals surface area (Å²) in [4.78, 5) is 40.5. The molecule has 5 rings (SSSR count). The number of rotatable bonds is 5. The van der Waals surface area contributed by atoms with Crippen LogP contribution < -0.4 is 0 Å². The number of hydrogen-bond acceptors (Lipinski definition) is 8. The molecule has 8 heteroatoms. The summed E-state index contributed by atoms with van der Waals surface area (Å²) in [7, 11) is 0. The number of hydrogen-bond donors (Lipinski definition) is 3. The Morgan fingerprint density at radius 2 is 1.43 bits per heavy atom. The van der Waals surface area contributed by atoms with Gasteiger partial charge in [-0.05, 0) is 49.3 Å². The van der Waals surface area contributed by atoms with Crippen LogP contribution in [0.15, 0.2) is 84.0 Å². The summed E-state index contributed by atoms with van der Waals surface area (Å²) in [6.07, 6.45) is 1.92. The summed E-state index contributed by atoms with van der Waals surface area (Å²) < 4.78 is 12.5. The Bertz CT molecular complexity index is 1460. The molecule has 0 amide bonds. The Kier molecular flexibility index (Phi) is 7.33. The van der Waals surface area contributed by atoms with Gasteiger partial charge >= 0.3 is 11.9 Å². The van der Waals surface area contributed by atoms with E-state index in [1.54, 1.807) is 107 Å². The van der Waals surface area contributed by atoms with Crippen LogP contribution in [-0.2, 0) is 14.3 Å². The third-order valence-electron chi connectivity index (χ3n) is 10.1. The molecule has 0 aliphatic heterocycles. The van der Waals surface area contributed by atoms with Gasteiger partial charge in [0.2, 0.25) is 0 Å². The Balaban J connectivity index is 1.71. The molecule has 0 bridgehead atoms. The van der Waals surface area contributed by atoms with E-state index < -0.39 is 70.4 Å². The van der Waals surface area contributed by atoms with Gasteiger partial charge in [-0.2, -0.15) is 0 Å². The molecule has 2 aromatic carbocycles. The second-order valence-electron chi connectivity index (χ2n) is 12.7. The molecular formula is C34H38O8. The summed E-state index contributed by atoms with van der Waals surface area (Å²) >= 11 is 0. The van der Waals surface area contributed by atoms with Gasteiger partial charge in [0.05, 0.1) is 23.3 Å². The monoisotopic (exact) mass is 574 g/mol. The molecule has 42 heavy (non-hydrogen) atoms. The lowest BCUT2D eigenvalue weighted by Gasteiger charge is -2.63. The summed E-state index contributed by atoms with van der Waals surface area (Å²) in [5.41, 5.74) is -5.24. The minimum atomic E-state index is -2.01. The second kappa shape index (κ2) is 10.3. The molecule has 222 valence electrons. The summed E-state index contributed by atoms with van der Waals surface area (Å²) in [6, 6.07) is 16.8. The highest BCUT2D eigenvalue weighted by atomic mass is 16.6. The first-order valence-electron chi connectivity index (χ1n) is 14.2. The third-order valence-corrected chi connectivity index (χ3v) is 10.1. The topological polar surface area (TPSA) is 130 Å². The van der Waals surface area contributed by atoms with Crippen LogP contribution in [-0.4, -0.2) is 62.6 Å². The van der Waals surface area contributed by atoms with Crippen LogP contribution in [0.4, 0.5) is 0 Å². The number of fused-ring (bicyclic) bond motifs is 3. The SMILES string of the molecule is CC1=C[C@H]2[C@@]3(O)[C@H](C)[C@@H](OC(=O)c4ccccc4)[C@@](C)(OC(=O)c4ccccc4)C(C)(C)[C@@H]3C=C(CO)C[C@]2(O)C1=O. The number of esters is 2. The average Bonchev–Trinajstić information content (AvgIpc) is 3.14. The van der Waals surface area contributed by atoms with E-state index in [9.17, 15) is 29.7 Å². The maximum absolute atomic E-state index is 13.6. The van der Waals surface area contributed by atoms with Crippen LogP contribution in [0.25, 0.3) is 0 Å². The number of aliphatic hydroxyl groups is 3. The lowest BCUT2D eigenvalue weighted by atomic mass is 9.47. The molecule has 1 saturated carbocycles. The molecule has 0 spiro atoms. The Labute approximate surface area is 245 Å². The van der Waals surface area contributed by atoms with Crippen molar-refractivity contribution in [3.05, 3.63) is 95.1 Å². The van der Waals surface area contributed by atoms with Crippen molar-refractivity contribution in [2.75, 3.05) is 6.61 Å². The first kappa shape index (κ1) is 29.9. The number of benzene rings is 2. The van der Waals surface area contributed by atoms with Gasteiger partial charge in [0.25, 0.3) is 0 Å². The van der Waals surface area contributed by atoms with Crippen LogP contribution in [0.3, 0.4) is 0 Å². The van der Waals surface area contributed by atoms with Crippen LogP contribution in [0, 0.1) is 23.2 Å². The number of carbonyl (C=O) groups excluding carboxylic acids is 3. The highest BCUT2D eigenvalue weighted by Crippen LogP contribution is 2.63. The third kappa shape index (κ3) is 4.27. The minimum absolute atomic E-state index is 0.169. The molecular weight excluding hydrogens is 536 g/mol. The van der Waals surface area contributed by atoms with Gasteiger partial charge in [0, 0.05) is 29.6 Å². The number of aliphatic hydroxyl groups excluding tert-OH is 1. The molecule has 0 unspecified atom stereocenters. The molecule has 3 N–H and O–H groups in total. The van der Waals surface area contributed by atoms with Crippen LogP contribution in [0.5, 0.6) is 0 Å². The van der Waals surface area contributed by atoms with E-state index in [0.29, 0.717) is 16.7 Å². The zero-order valence-electron chi connectivity index (χ0n) is 24.5. The van der Waals surface area contributed by atoms with Gasteiger partial charge in [-0.25, -0.2) is 9.59 Å². The van der Waals surface area contributed by atoms with Gasteiger partial charge in [0.1, 0.15) is 11.7 Å². The molecule has 3 aliphatic rings. The van der Waals surface area contributed by atoms with Crippen molar-refractivity contribution in [1.29, 1.82) is 0 Å². The molecule has 0 heterocycles. The van der Waals surface area contributed by atoms with Crippen LogP contribution in [0.2, 0.25) is 0 Å². The van der Waals surface area contributed by atoms with E-state index in [-0.39, 0.29) is 12.0 Å². The van der Waals surface area contributed by atoms with Crippen LogP contribution >= 0.6 is 0 Å². The fourth-order valence-electron chi connectivity index (χ4n) is 7.46. The molecule has 0 aromatic heterocycles. The van der Waals surface area contributed by atoms with E-state index in [1.165, 1.54) is 0 Å². The van der Waals surface area contributed by atoms with Crippen molar-refractivity contribution < 1.29 is 39.2 Å². The predicted octanol–water partition coefficient (Wildman–Crippen LogP) is 4.05. The van der Waals surface area contributed by atoms with E-state index in [4.69, 9.17) is 9.47 Å². The van der Waals surface area contributed by atoms with E-state index in [2.05, 4.69) is 0 Å². The van der Waals surface area contributed by atoms with Gasteiger partial charge in [-0.15, -0.1) is 0 Å². The summed E-state index contributed by atoms with van der Waals surface area (Å²) in [5.74, 6) is -4.68. The largest absolute Gasteiger partial charge is 0.454 e. The van der Waals surface area contributed by atoms with E-state index in [0.717, 1.165) is 0 Å². The molecule has 8 nitrogen and oxygen atoms in total. The van der Waals surface area contributed by atoms with E-state index >= 15 is 0 Å². The number of carbonyl (C=O) groups is 3. The number of ketones is 1. The molecule has 7 atom stereocenters. The van der Waals surface area contributed by atoms with E-state index in [1.807, 2.05) is 0 Å². The molecule has 0 radical (unpaired) electrons. The lowest BCUT2D eigenvalue weighted by molar-refractivity contribution is -0.278. The highest BCUT2D eigenvalue weighted by Gasteiger charge is 2.74. The smallest absolute Gasteiger partial charge is 0.338 e. The first-order chi connectivity index (χ1) is 19.7. The lowest BCUT2D eigenvalue weighted by Crippen LogP contribution is -2.75. The molecule has 3 aliphatic carbocycles. The summed E-state index contributed by atoms with van der Waals surface area (Å²) in [5, 5.41) is 35.1. The Morgan fingerprint density at radius 1 is 0.881 bits per heavy atom. The van der Waals surface area contributed by atoms with Crippen molar-refractivity contribution in [1.82, 2.24) is 0 Å². The van der Waals surface area contributed by atoms with Gasteiger partial charge in [-0.3, -0.25) is 4.79 Å². The van der Waals surface area contributed by atoms with Crippen molar-refractivity contribution in [3.8, 4) is 0 Å². The average molecular weight is 575 g/mol. The van der Waals surface area contributed by atoms with Crippen molar-refractivity contribution >= 4 is 17.7 Å². The van der Waals surface area contributed by atoms with Crippen LogP contribution in [0.1, 0.15) is 61.8 Å². The Hall–Kier alpha value is -3.59. The quantitative estimate of drug-likeness (QED) is 0.360. The second-order valence-corrected chi connectivity index (χ2v) is 12.7. The fraction of sp³-hybridized carbons (Fsp3) is 0.441. The van der Waals surface area contributed by atoms with Gasteiger partial charge < -0.3 is 24.8 Å². The zero-order chi connectivity index (χ0) is 30.7. The predicted molar refractivity (Wildman–Crippen MR) is 154 cm³/mol. The standard InChI is InChI=1S/C34H38O8/c1-20-16-26-33(39,27(20)36)18-22(19-35)17-25-31(3,4)32(5,42-30(38)24-14-10-7-11-15-24)28(21(2)34(25,26)40)41-29(37)23-12-8-6-9-13-23/h6-17,21,25-26,28,35,39-40H,18-19H2,1-5H3/t21-,25+,26-,28-,32-,33-,34-/m1/s1. The molecule has 2 aromatic rings. The number of Topliss-reactive ketones (excluding diaryl/α,β-unsaturated/α-hetero) is 1. The Morgan fingerprint density at radius 3 is 1.98 bits per heavy atom.